The molecule has 3 N–H and O–H groups in total. The van der Waals surface area contributed by atoms with Crippen LogP contribution in [0.5, 0.6) is 0 Å². The molecule has 1 aliphatic carbocycles. The first kappa shape index (κ1) is 13.8. The van der Waals surface area contributed by atoms with Crippen molar-refractivity contribution >= 4 is 15.7 Å². The summed E-state index contributed by atoms with van der Waals surface area (Å²) < 4.78 is 22.6. The molecule has 0 radical (unpaired) electrons. The Kier molecular flexibility index (Phi) is 4.27. The number of rotatable bonds is 3. The zero-order chi connectivity index (χ0) is 13.2. The van der Waals surface area contributed by atoms with E-state index in [0.717, 1.165) is 25.7 Å². The van der Waals surface area contributed by atoms with Gasteiger partial charge in [0, 0.05) is 12.6 Å². The summed E-state index contributed by atoms with van der Waals surface area (Å²) in [6, 6.07) is -0.0361. The molecule has 1 saturated carbocycles. The maximum Gasteiger partial charge on any atom is 0.224 e. The topological polar surface area (TPSA) is 89.3 Å². The highest BCUT2D eigenvalue weighted by atomic mass is 32.2. The molecule has 1 heterocycles. The average Bonchev–Trinajstić information content (AvgIpc) is 2.66. The van der Waals surface area contributed by atoms with E-state index in [-0.39, 0.29) is 35.3 Å². The van der Waals surface area contributed by atoms with E-state index in [4.69, 9.17) is 5.73 Å². The first-order valence-corrected chi connectivity index (χ1v) is 8.54. The molecular formula is C12H22N2O3S. The maximum atomic E-state index is 12.0. The van der Waals surface area contributed by atoms with Gasteiger partial charge in [-0.05, 0) is 25.2 Å². The minimum Gasteiger partial charge on any atom is -0.356 e. The van der Waals surface area contributed by atoms with E-state index in [0.29, 0.717) is 13.0 Å². The highest BCUT2D eigenvalue weighted by Gasteiger charge is 2.31. The number of hydrogen-bond acceptors (Lipinski definition) is 4. The molecule has 2 fully saturated rings. The summed E-state index contributed by atoms with van der Waals surface area (Å²) in [4.78, 5) is 12.0. The Bertz CT molecular complexity index is 408. The van der Waals surface area contributed by atoms with Crippen LogP contribution in [0.15, 0.2) is 0 Å². The minimum atomic E-state index is -2.85. The summed E-state index contributed by atoms with van der Waals surface area (Å²) in [6.45, 7) is 0.473. The Hall–Kier alpha value is -0.620. The van der Waals surface area contributed by atoms with Crippen LogP contribution in [-0.4, -0.2) is 38.4 Å². The van der Waals surface area contributed by atoms with Crippen molar-refractivity contribution in [2.75, 3.05) is 18.1 Å². The molecule has 1 amide bonds. The SMILES string of the molecule is NC1CCCCC1C(=O)NCC1CCS(=O)(=O)C1. The Morgan fingerprint density at radius 2 is 1.94 bits per heavy atom. The van der Waals surface area contributed by atoms with Crippen molar-refractivity contribution in [3.05, 3.63) is 0 Å². The van der Waals surface area contributed by atoms with Crippen molar-refractivity contribution in [2.45, 2.75) is 38.1 Å². The predicted molar refractivity (Wildman–Crippen MR) is 69.7 cm³/mol. The lowest BCUT2D eigenvalue weighted by Crippen LogP contribution is -2.44. The van der Waals surface area contributed by atoms with Crippen molar-refractivity contribution in [1.82, 2.24) is 5.32 Å². The third-order valence-electron chi connectivity index (χ3n) is 4.05. The zero-order valence-corrected chi connectivity index (χ0v) is 11.4. The second kappa shape index (κ2) is 5.57. The number of carbonyl (C=O) groups excluding carboxylic acids is 1. The minimum absolute atomic E-state index is 0.00602. The van der Waals surface area contributed by atoms with E-state index in [1.807, 2.05) is 0 Å². The molecular weight excluding hydrogens is 252 g/mol. The molecule has 2 rings (SSSR count). The van der Waals surface area contributed by atoms with Crippen molar-refractivity contribution < 1.29 is 13.2 Å². The normalized spacial score (nSPS) is 35.3. The van der Waals surface area contributed by atoms with E-state index < -0.39 is 9.84 Å². The molecule has 3 unspecified atom stereocenters. The molecule has 104 valence electrons. The third-order valence-corrected chi connectivity index (χ3v) is 5.88. The van der Waals surface area contributed by atoms with Gasteiger partial charge < -0.3 is 11.1 Å². The molecule has 2 aliphatic rings. The first-order valence-electron chi connectivity index (χ1n) is 6.71. The fourth-order valence-electron chi connectivity index (χ4n) is 2.89. The molecule has 5 nitrogen and oxygen atoms in total. The standard InChI is InChI=1S/C12H22N2O3S/c13-11-4-2-1-3-10(11)12(15)14-7-9-5-6-18(16,17)8-9/h9-11H,1-8,13H2,(H,14,15). The van der Waals surface area contributed by atoms with Crippen LogP contribution in [0.2, 0.25) is 0 Å². The molecule has 1 aliphatic heterocycles. The Balaban J connectivity index is 1.78. The zero-order valence-electron chi connectivity index (χ0n) is 10.6. The molecule has 18 heavy (non-hydrogen) atoms. The number of amides is 1. The van der Waals surface area contributed by atoms with E-state index in [1.54, 1.807) is 0 Å². The number of nitrogens with two attached hydrogens (primary N) is 1. The predicted octanol–water partition coefficient (Wildman–Crippen LogP) is 0.0548. The Morgan fingerprint density at radius 3 is 2.56 bits per heavy atom. The molecule has 0 aromatic rings. The summed E-state index contributed by atoms with van der Waals surface area (Å²) >= 11 is 0. The van der Waals surface area contributed by atoms with E-state index in [1.165, 1.54) is 0 Å². The van der Waals surface area contributed by atoms with Crippen molar-refractivity contribution in [3.63, 3.8) is 0 Å². The van der Waals surface area contributed by atoms with Gasteiger partial charge in [-0.25, -0.2) is 8.42 Å². The highest BCUT2D eigenvalue weighted by molar-refractivity contribution is 7.91. The van der Waals surface area contributed by atoms with Gasteiger partial charge in [0.1, 0.15) is 0 Å². The van der Waals surface area contributed by atoms with E-state index in [9.17, 15) is 13.2 Å². The number of hydrogen-bond donors (Lipinski definition) is 2. The molecule has 6 heteroatoms. The van der Waals surface area contributed by atoms with Gasteiger partial charge in [0.2, 0.25) is 5.91 Å². The van der Waals surface area contributed by atoms with Crippen LogP contribution in [0.1, 0.15) is 32.1 Å². The summed E-state index contributed by atoms with van der Waals surface area (Å²) in [7, 11) is -2.85. The summed E-state index contributed by atoms with van der Waals surface area (Å²) in [6.07, 6.45) is 4.60. The number of nitrogens with one attached hydrogen (secondary N) is 1. The average molecular weight is 274 g/mol. The van der Waals surface area contributed by atoms with Crippen molar-refractivity contribution in [3.8, 4) is 0 Å². The van der Waals surface area contributed by atoms with Gasteiger partial charge in [-0.1, -0.05) is 12.8 Å². The molecule has 0 bridgehead atoms. The summed E-state index contributed by atoms with van der Waals surface area (Å²) in [5.74, 6) is 0.475. The van der Waals surface area contributed by atoms with Crippen molar-refractivity contribution in [1.29, 1.82) is 0 Å². The molecule has 0 aromatic heterocycles. The second-order valence-electron chi connectivity index (χ2n) is 5.57. The molecule has 0 aromatic carbocycles. The van der Waals surface area contributed by atoms with Crippen LogP contribution >= 0.6 is 0 Å². The van der Waals surface area contributed by atoms with Crippen molar-refractivity contribution in [2.24, 2.45) is 17.6 Å². The van der Waals surface area contributed by atoms with E-state index >= 15 is 0 Å². The molecule has 0 spiro atoms. The van der Waals surface area contributed by atoms with Crippen LogP contribution in [0.4, 0.5) is 0 Å². The molecule has 3 atom stereocenters. The maximum absolute atomic E-state index is 12.0. The lowest BCUT2D eigenvalue weighted by atomic mass is 9.84. The monoisotopic (exact) mass is 274 g/mol. The highest BCUT2D eigenvalue weighted by Crippen LogP contribution is 2.23. The van der Waals surface area contributed by atoms with Gasteiger partial charge in [-0.2, -0.15) is 0 Å². The molecule has 1 saturated heterocycles. The van der Waals surface area contributed by atoms with E-state index in [2.05, 4.69) is 5.32 Å². The Labute approximate surface area is 108 Å². The lowest BCUT2D eigenvalue weighted by molar-refractivity contribution is -0.126. The number of carbonyl (C=O) groups is 1. The third kappa shape index (κ3) is 3.45. The van der Waals surface area contributed by atoms with Crippen LogP contribution < -0.4 is 11.1 Å². The Morgan fingerprint density at radius 1 is 1.22 bits per heavy atom. The van der Waals surface area contributed by atoms with Gasteiger partial charge in [-0.15, -0.1) is 0 Å². The lowest BCUT2D eigenvalue weighted by Gasteiger charge is -2.27. The first-order chi connectivity index (χ1) is 8.48. The van der Waals surface area contributed by atoms with Crippen LogP contribution in [-0.2, 0) is 14.6 Å². The summed E-state index contributed by atoms with van der Waals surface area (Å²) in [5, 5.41) is 2.88. The smallest absolute Gasteiger partial charge is 0.224 e. The quantitative estimate of drug-likeness (QED) is 0.761. The number of sulfone groups is 1. The largest absolute Gasteiger partial charge is 0.356 e. The van der Waals surface area contributed by atoms with Crippen LogP contribution in [0.3, 0.4) is 0 Å². The van der Waals surface area contributed by atoms with Crippen LogP contribution in [0.25, 0.3) is 0 Å². The van der Waals surface area contributed by atoms with Gasteiger partial charge in [0.15, 0.2) is 9.84 Å². The summed E-state index contributed by atoms with van der Waals surface area (Å²) in [5.41, 5.74) is 5.95. The van der Waals surface area contributed by atoms with Gasteiger partial charge in [0.25, 0.3) is 0 Å². The van der Waals surface area contributed by atoms with Crippen LogP contribution in [0, 0.1) is 11.8 Å². The fourth-order valence-corrected chi connectivity index (χ4v) is 4.76. The second-order valence-corrected chi connectivity index (χ2v) is 7.80. The van der Waals surface area contributed by atoms with Gasteiger partial charge in [0.05, 0.1) is 17.4 Å². The van der Waals surface area contributed by atoms with Gasteiger partial charge >= 0.3 is 0 Å². The van der Waals surface area contributed by atoms with Gasteiger partial charge in [-0.3, -0.25) is 4.79 Å². The fraction of sp³-hybridized carbons (Fsp3) is 0.917.